The second-order valence-electron chi connectivity index (χ2n) is 6.45. The number of alkyl halides is 3. The molecule has 3 aromatic rings. The van der Waals surface area contributed by atoms with E-state index in [0.29, 0.717) is 5.69 Å². The Morgan fingerprint density at radius 1 is 1.11 bits per heavy atom. The highest BCUT2D eigenvalue weighted by molar-refractivity contribution is 7.74. The van der Waals surface area contributed by atoms with Crippen molar-refractivity contribution in [3.63, 3.8) is 0 Å². The van der Waals surface area contributed by atoms with Crippen LogP contribution in [0.25, 0.3) is 16.8 Å². The van der Waals surface area contributed by atoms with Gasteiger partial charge in [-0.15, -0.1) is 5.10 Å². The lowest BCUT2D eigenvalue weighted by Gasteiger charge is -2.17. The Morgan fingerprint density at radius 3 is 2.21 bits per heavy atom. The van der Waals surface area contributed by atoms with E-state index in [9.17, 15) is 13.2 Å². The molecule has 0 aliphatic rings. The molecule has 1 aromatic heterocycles. The SMILES string of the molecule is Cc1cc(C(C)C)c(-n2nc(C(F)(F)F)nc2N)cc1-c1ccccc1.OS. The van der Waals surface area contributed by atoms with Gasteiger partial charge in [-0.25, -0.2) is 0 Å². The second-order valence-corrected chi connectivity index (χ2v) is 6.45. The molecule has 2 aromatic carbocycles. The highest BCUT2D eigenvalue weighted by atomic mass is 32.1. The number of hydrogen-bond donors (Lipinski definition) is 3. The Hall–Kier alpha value is -2.52. The van der Waals surface area contributed by atoms with E-state index in [1.807, 2.05) is 63.2 Å². The lowest BCUT2D eigenvalue weighted by Crippen LogP contribution is -2.10. The van der Waals surface area contributed by atoms with Crippen molar-refractivity contribution in [2.75, 3.05) is 5.73 Å². The number of thiol groups is 1. The van der Waals surface area contributed by atoms with Crippen LogP contribution in [0.15, 0.2) is 42.5 Å². The molecule has 0 spiro atoms. The van der Waals surface area contributed by atoms with Gasteiger partial charge in [0.1, 0.15) is 0 Å². The number of aryl methyl sites for hydroxylation is 1. The number of rotatable bonds is 3. The minimum absolute atomic E-state index is 0.0754. The maximum absolute atomic E-state index is 13.0. The lowest BCUT2D eigenvalue weighted by molar-refractivity contribution is -0.144. The van der Waals surface area contributed by atoms with Crippen LogP contribution in [0.1, 0.15) is 36.7 Å². The number of anilines is 1. The molecule has 0 bridgehead atoms. The molecule has 0 aliphatic carbocycles. The fourth-order valence-electron chi connectivity index (χ4n) is 2.91. The molecule has 3 rings (SSSR count). The van der Waals surface area contributed by atoms with E-state index in [4.69, 9.17) is 10.3 Å². The summed E-state index contributed by atoms with van der Waals surface area (Å²) < 4.78 is 46.7. The van der Waals surface area contributed by atoms with Gasteiger partial charge in [-0.2, -0.15) is 22.8 Å². The molecule has 0 unspecified atom stereocenters. The quantitative estimate of drug-likeness (QED) is 0.401. The molecule has 0 saturated heterocycles. The number of nitrogens with zero attached hydrogens (tertiary/aromatic N) is 3. The van der Waals surface area contributed by atoms with E-state index in [1.165, 1.54) is 0 Å². The Balaban J connectivity index is 0.00000136. The number of aromatic nitrogens is 3. The Kier molecular flexibility index (Phi) is 6.73. The number of nitrogen functional groups attached to an aromatic ring is 1. The van der Waals surface area contributed by atoms with Crippen LogP contribution in [0.3, 0.4) is 0 Å². The average Bonchev–Trinajstić information content (AvgIpc) is 3.06. The van der Waals surface area contributed by atoms with Crippen LogP contribution < -0.4 is 5.73 Å². The Morgan fingerprint density at radius 2 is 1.71 bits per heavy atom. The molecule has 0 saturated carbocycles. The molecule has 0 fully saturated rings. The first kappa shape index (κ1) is 21.8. The first-order chi connectivity index (χ1) is 13.2. The van der Waals surface area contributed by atoms with Gasteiger partial charge in [-0.05, 0) is 54.1 Å². The topological polar surface area (TPSA) is 77.0 Å². The predicted molar refractivity (Wildman–Crippen MR) is 107 cm³/mol. The molecule has 0 aliphatic heterocycles. The fourth-order valence-corrected chi connectivity index (χ4v) is 2.91. The lowest BCUT2D eigenvalue weighted by atomic mass is 9.92. The van der Waals surface area contributed by atoms with Gasteiger partial charge in [0.2, 0.25) is 5.95 Å². The van der Waals surface area contributed by atoms with E-state index in [-0.39, 0.29) is 11.9 Å². The molecule has 9 heteroatoms. The zero-order chi connectivity index (χ0) is 21.1. The largest absolute Gasteiger partial charge is 0.453 e. The summed E-state index contributed by atoms with van der Waals surface area (Å²) >= 11 is 2.53. The zero-order valence-electron chi connectivity index (χ0n) is 15.6. The number of nitrogens with two attached hydrogens (primary N) is 1. The van der Waals surface area contributed by atoms with Crippen molar-refractivity contribution in [2.45, 2.75) is 32.9 Å². The van der Waals surface area contributed by atoms with Crippen LogP contribution in [-0.4, -0.2) is 19.3 Å². The van der Waals surface area contributed by atoms with Crippen LogP contribution in [0.5, 0.6) is 0 Å². The maximum Gasteiger partial charge on any atom is 0.453 e. The molecule has 0 atom stereocenters. The monoisotopic (exact) mass is 410 g/mol. The van der Waals surface area contributed by atoms with Gasteiger partial charge in [-0.3, -0.25) is 0 Å². The molecule has 3 N–H and O–H groups in total. The van der Waals surface area contributed by atoms with Crippen molar-refractivity contribution in [1.29, 1.82) is 0 Å². The molecule has 0 amide bonds. The molecule has 28 heavy (non-hydrogen) atoms. The van der Waals surface area contributed by atoms with Crippen molar-refractivity contribution >= 4 is 18.9 Å². The summed E-state index contributed by atoms with van der Waals surface area (Å²) in [5.41, 5.74) is 10.0. The standard InChI is InChI=1S/C19H19F3N4.H2OS/c1-11(2)14-9-12(3)15(13-7-5-4-6-8-13)10-16(14)26-18(23)24-17(25-26)19(20,21)22;1-2/h4-11H,1-3H3,(H2,23,24,25);1-2H. The number of halogens is 3. The molecule has 150 valence electrons. The van der Waals surface area contributed by atoms with Crippen LogP contribution in [0.2, 0.25) is 0 Å². The summed E-state index contributed by atoms with van der Waals surface area (Å²) in [6, 6.07) is 13.4. The number of hydrogen-bond acceptors (Lipinski definition) is 5. The van der Waals surface area contributed by atoms with Gasteiger partial charge in [0.05, 0.1) is 5.69 Å². The summed E-state index contributed by atoms with van der Waals surface area (Å²) in [7, 11) is 0. The third kappa shape index (κ3) is 4.48. The smallest absolute Gasteiger partial charge is 0.368 e. The van der Waals surface area contributed by atoms with Crippen molar-refractivity contribution < 1.29 is 17.7 Å². The van der Waals surface area contributed by atoms with Crippen molar-refractivity contribution in [3.05, 3.63) is 59.4 Å². The minimum Gasteiger partial charge on any atom is -0.368 e. The second kappa shape index (κ2) is 8.66. The summed E-state index contributed by atoms with van der Waals surface area (Å²) in [5, 5.41) is 3.61. The van der Waals surface area contributed by atoms with Crippen LogP contribution in [0.4, 0.5) is 19.1 Å². The van der Waals surface area contributed by atoms with Gasteiger partial charge in [0, 0.05) is 0 Å². The minimum atomic E-state index is -4.65. The van der Waals surface area contributed by atoms with Gasteiger partial charge in [0.25, 0.3) is 5.82 Å². The molecule has 1 heterocycles. The van der Waals surface area contributed by atoms with Crippen LogP contribution in [0, 0.1) is 6.92 Å². The zero-order valence-corrected chi connectivity index (χ0v) is 16.5. The summed E-state index contributed by atoms with van der Waals surface area (Å²) in [5.74, 6) is -1.46. The molecular weight excluding hydrogens is 389 g/mol. The third-order valence-corrected chi connectivity index (χ3v) is 4.19. The molecule has 0 radical (unpaired) electrons. The first-order valence-electron chi connectivity index (χ1n) is 8.38. The predicted octanol–water partition coefficient (Wildman–Crippen LogP) is 5.36. The third-order valence-electron chi connectivity index (χ3n) is 4.19. The van der Waals surface area contributed by atoms with Gasteiger partial charge < -0.3 is 10.3 Å². The maximum atomic E-state index is 13.0. The fraction of sp³-hybridized carbons (Fsp3) is 0.263. The Labute approximate surface area is 166 Å². The van der Waals surface area contributed by atoms with Crippen molar-refractivity contribution in [2.24, 2.45) is 0 Å². The molecular formula is C19H21F3N4OS. The average molecular weight is 410 g/mol. The summed E-state index contributed by atoms with van der Waals surface area (Å²) in [6.45, 7) is 5.92. The van der Waals surface area contributed by atoms with Crippen molar-refractivity contribution in [1.82, 2.24) is 14.8 Å². The van der Waals surface area contributed by atoms with Crippen LogP contribution >= 0.6 is 12.9 Å². The Bertz CT molecular complexity index is 940. The van der Waals surface area contributed by atoms with Gasteiger partial charge in [0.15, 0.2) is 0 Å². The van der Waals surface area contributed by atoms with Gasteiger partial charge in [-0.1, -0.05) is 50.2 Å². The highest BCUT2D eigenvalue weighted by Gasteiger charge is 2.37. The summed E-state index contributed by atoms with van der Waals surface area (Å²) in [4.78, 5) is 3.39. The van der Waals surface area contributed by atoms with Gasteiger partial charge >= 0.3 is 6.18 Å². The molecule has 5 nitrogen and oxygen atoms in total. The summed E-state index contributed by atoms with van der Waals surface area (Å²) in [6.07, 6.45) is -4.65. The van der Waals surface area contributed by atoms with E-state index < -0.39 is 12.0 Å². The van der Waals surface area contributed by atoms with Crippen molar-refractivity contribution in [3.8, 4) is 16.8 Å². The highest BCUT2D eigenvalue weighted by Crippen LogP contribution is 2.34. The van der Waals surface area contributed by atoms with E-state index in [1.54, 1.807) is 0 Å². The van der Waals surface area contributed by atoms with Crippen LogP contribution in [-0.2, 0) is 6.18 Å². The van der Waals surface area contributed by atoms with E-state index in [2.05, 4.69) is 23.0 Å². The normalized spacial score (nSPS) is 11.3. The van der Waals surface area contributed by atoms with E-state index >= 15 is 0 Å². The van der Waals surface area contributed by atoms with E-state index in [0.717, 1.165) is 26.9 Å². The number of benzene rings is 2. The first-order valence-corrected chi connectivity index (χ1v) is 8.78.